The second kappa shape index (κ2) is 11.5. The summed E-state index contributed by atoms with van der Waals surface area (Å²) < 4.78 is 25.1. The Morgan fingerprint density at radius 1 is 1.15 bits per heavy atom. The van der Waals surface area contributed by atoms with Crippen LogP contribution >= 0.6 is 12.4 Å². The van der Waals surface area contributed by atoms with Gasteiger partial charge in [-0.2, -0.15) is 0 Å². The van der Waals surface area contributed by atoms with E-state index in [0.29, 0.717) is 38.3 Å². The van der Waals surface area contributed by atoms with Gasteiger partial charge in [-0.1, -0.05) is 12.2 Å². The first-order chi connectivity index (χ1) is 11.6. The summed E-state index contributed by atoms with van der Waals surface area (Å²) in [4.78, 5) is 12.6. The minimum absolute atomic E-state index is 0. The van der Waals surface area contributed by atoms with Crippen LogP contribution in [0.1, 0.15) is 59.3 Å². The highest BCUT2D eigenvalue weighted by Crippen LogP contribution is 2.27. The molecule has 0 aromatic heterocycles. The molecular weight excluding hydrogens is 362 g/mol. The van der Waals surface area contributed by atoms with Crippen LogP contribution in [-0.4, -0.2) is 34.7 Å². The van der Waals surface area contributed by atoms with E-state index in [0.717, 1.165) is 19.3 Å². The van der Waals surface area contributed by atoms with Crippen molar-refractivity contribution in [3.05, 3.63) is 23.8 Å². The maximum Gasteiger partial charge on any atom is 0.407 e. The fraction of sp³-hybridized carbons (Fsp3) is 0.737. The number of hydrogen-bond acceptors (Lipinski definition) is 2. The molecule has 0 aliphatic heterocycles. The van der Waals surface area contributed by atoms with Crippen molar-refractivity contribution in [1.29, 1.82) is 0 Å². The third kappa shape index (κ3) is 8.99. The van der Waals surface area contributed by atoms with Crippen LogP contribution in [0.5, 0.6) is 0 Å². The quantitative estimate of drug-likeness (QED) is 0.669. The lowest BCUT2D eigenvalue weighted by atomic mass is 9.92. The summed E-state index contributed by atoms with van der Waals surface area (Å²) in [5.74, 6) is 0.757. The van der Waals surface area contributed by atoms with E-state index < -0.39 is 11.6 Å². The zero-order valence-corrected chi connectivity index (χ0v) is 16.8. The standard InChI is InChI=1S/C12H20FNO2.C7H12FN.ClH/c1-12(2,3)14(11(15)16)8-9-4-6-10(13)7-5-9;8-7-3-1-6(5-9)2-4-7;/h6,9H,4-5,7-8H2,1-3H3,(H,15,16);3,6H,1-2,4-5,9H2;1H. The van der Waals surface area contributed by atoms with Crippen LogP contribution in [0.25, 0.3) is 0 Å². The summed E-state index contributed by atoms with van der Waals surface area (Å²) in [6, 6.07) is 0. The molecule has 0 bridgehead atoms. The van der Waals surface area contributed by atoms with E-state index in [9.17, 15) is 13.6 Å². The molecule has 0 radical (unpaired) electrons. The van der Waals surface area contributed by atoms with E-state index in [-0.39, 0.29) is 30.0 Å². The Morgan fingerprint density at radius 3 is 1.92 bits per heavy atom. The Kier molecular flexibility index (Phi) is 11.0. The molecule has 0 aromatic carbocycles. The highest BCUT2D eigenvalue weighted by atomic mass is 35.5. The summed E-state index contributed by atoms with van der Waals surface area (Å²) >= 11 is 0. The SMILES string of the molecule is CC(C)(C)N(CC1CC=C(F)CC1)C(=O)O.Cl.NCC1CC=C(F)CC1. The lowest BCUT2D eigenvalue weighted by Gasteiger charge is -2.36. The molecule has 2 atom stereocenters. The van der Waals surface area contributed by atoms with Crippen LogP contribution in [0.2, 0.25) is 0 Å². The molecule has 0 heterocycles. The van der Waals surface area contributed by atoms with Gasteiger partial charge in [-0.15, -0.1) is 12.4 Å². The van der Waals surface area contributed by atoms with Crippen molar-refractivity contribution in [3.8, 4) is 0 Å². The van der Waals surface area contributed by atoms with Gasteiger partial charge in [-0.25, -0.2) is 13.6 Å². The number of carboxylic acid groups (broad SMARTS) is 1. The predicted octanol–water partition coefficient (Wildman–Crippen LogP) is 5.44. The topological polar surface area (TPSA) is 66.6 Å². The Bertz CT molecular complexity index is 504. The van der Waals surface area contributed by atoms with Gasteiger partial charge in [0.05, 0.1) is 11.7 Å². The van der Waals surface area contributed by atoms with Gasteiger partial charge in [0.1, 0.15) is 0 Å². The first-order valence-corrected chi connectivity index (χ1v) is 9.03. The van der Waals surface area contributed by atoms with Gasteiger partial charge < -0.3 is 15.7 Å². The lowest BCUT2D eigenvalue weighted by molar-refractivity contribution is 0.0868. The molecule has 2 rings (SSSR count). The molecule has 0 saturated heterocycles. The van der Waals surface area contributed by atoms with Crippen LogP contribution in [0.3, 0.4) is 0 Å². The van der Waals surface area contributed by atoms with E-state index in [2.05, 4.69) is 0 Å². The van der Waals surface area contributed by atoms with E-state index in [1.54, 1.807) is 12.2 Å². The molecule has 1 amide bonds. The Labute approximate surface area is 161 Å². The molecule has 2 aliphatic carbocycles. The first-order valence-electron chi connectivity index (χ1n) is 9.03. The van der Waals surface area contributed by atoms with Gasteiger partial charge in [0.2, 0.25) is 0 Å². The highest BCUT2D eigenvalue weighted by molar-refractivity contribution is 5.85. The van der Waals surface area contributed by atoms with E-state index in [4.69, 9.17) is 10.8 Å². The molecule has 152 valence electrons. The molecule has 0 aromatic rings. The molecule has 7 heteroatoms. The van der Waals surface area contributed by atoms with Crippen LogP contribution in [-0.2, 0) is 0 Å². The van der Waals surface area contributed by atoms with Crippen molar-refractivity contribution in [2.24, 2.45) is 17.6 Å². The number of halogens is 3. The van der Waals surface area contributed by atoms with Crippen molar-refractivity contribution in [1.82, 2.24) is 4.90 Å². The third-order valence-electron chi connectivity index (χ3n) is 4.74. The lowest BCUT2D eigenvalue weighted by Crippen LogP contribution is -2.47. The largest absolute Gasteiger partial charge is 0.465 e. The van der Waals surface area contributed by atoms with Crippen LogP contribution in [0, 0.1) is 11.8 Å². The number of allylic oxidation sites excluding steroid dienone is 4. The summed E-state index contributed by atoms with van der Waals surface area (Å²) in [6.07, 6.45) is 6.53. The summed E-state index contributed by atoms with van der Waals surface area (Å²) in [6.45, 7) is 6.81. The van der Waals surface area contributed by atoms with Crippen LogP contribution < -0.4 is 5.73 Å². The van der Waals surface area contributed by atoms with Crippen molar-refractivity contribution in [2.75, 3.05) is 13.1 Å². The second-order valence-corrected chi connectivity index (χ2v) is 7.88. The Balaban J connectivity index is 0.000000532. The second-order valence-electron chi connectivity index (χ2n) is 7.88. The molecule has 0 spiro atoms. The van der Waals surface area contributed by atoms with Crippen molar-refractivity contribution in [2.45, 2.75) is 64.8 Å². The smallest absolute Gasteiger partial charge is 0.407 e. The predicted molar refractivity (Wildman–Crippen MR) is 104 cm³/mol. The van der Waals surface area contributed by atoms with Crippen LogP contribution in [0.4, 0.5) is 13.6 Å². The molecular formula is C19H33ClF2N2O2. The Morgan fingerprint density at radius 2 is 1.62 bits per heavy atom. The number of amides is 1. The van der Waals surface area contributed by atoms with Gasteiger partial charge in [-0.05, 0) is 77.7 Å². The normalized spacial score (nSPS) is 22.8. The number of carbonyl (C=O) groups is 1. The number of rotatable bonds is 3. The average molecular weight is 395 g/mol. The molecule has 26 heavy (non-hydrogen) atoms. The van der Waals surface area contributed by atoms with Crippen molar-refractivity contribution < 1.29 is 18.7 Å². The monoisotopic (exact) mass is 394 g/mol. The molecule has 0 saturated carbocycles. The fourth-order valence-corrected chi connectivity index (χ4v) is 2.99. The van der Waals surface area contributed by atoms with Gasteiger partial charge in [-0.3, -0.25) is 0 Å². The number of hydrogen-bond donors (Lipinski definition) is 2. The summed E-state index contributed by atoms with van der Waals surface area (Å²) in [7, 11) is 0. The van der Waals surface area contributed by atoms with Crippen molar-refractivity contribution >= 4 is 18.5 Å². The van der Waals surface area contributed by atoms with E-state index >= 15 is 0 Å². The molecule has 3 N–H and O–H groups in total. The summed E-state index contributed by atoms with van der Waals surface area (Å²) in [5.41, 5.74) is 5.00. The third-order valence-corrected chi connectivity index (χ3v) is 4.74. The Hall–Kier alpha value is -1.14. The molecule has 2 unspecified atom stereocenters. The molecule has 0 fully saturated rings. The zero-order valence-electron chi connectivity index (χ0n) is 16.0. The average Bonchev–Trinajstić information content (AvgIpc) is 2.54. The maximum absolute atomic E-state index is 12.8. The number of nitrogens with two attached hydrogens (primary N) is 1. The van der Waals surface area contributed by atoms with Gasteiger partial charge in [0.25, 0.3) is 0 Å². The molecule has 4 nitrogen and oxygen atoms in total. The van der Waals surface area contributed by atoms with E-state index in [1.165, 1.54) is 4.90 Å². The number of nitrogens with zero attached hydrogens (tertiary/aromatic N) is 1. The minimum atomic E-state index is -0.900. The molecule has 2 aliphatic rings. The van der Waals surface area contributed by atoms with Gasteiger partial charge >= 0.3 is 6.09 Å². The van der Waals surface area contributed by atoms with Gasteiger partial charge in [0, 0.05) is 12.1 Å². The fourth-order valence-electron chi connectivity index (χ4n) is 2.99. The van der Waals surface area contributed by atoms with E-state index in [1.807, 2.05) is 20.8 Å². The van der Waals surface area contributed by atoms with Gasteiger partial charge in [0.15, 0.2) is 0 Å². The summed E-state index contributed by atoms with van der Waals surface area (Å²) in [5, 5.41) is 9.13. The minimum Gasteiger partial charge on any atom is -0.465 e. The van der Waals surface area contributed by atoms with Crippen LogP contribution in [0.15, 0.2) is 23.8 Å². The van der Waals surface area contributed by atoms with Crippen molar-refractivity contribution in [3.63, 3.8) is 0 Å². The zero-order chi connectivity index (χ0) is 19.0. The maximum atomic E-state index is 12.8. The highest BCUT2D eigenvalue weighted by Gasteiger charge is 2.29. The first kappa shape index (κ1) is 24.9.